The number of aromatic nitrogens is 4. The molecule has 11 heteroatoms. The number of hydrogen-bond acceptors (Lipinski definition) is 9. The van der Waals surface area contributed by atoms with Gasteiger partial charge in [0.2, 0.25) is 11.8 Å². The van der Waals surface area contributed by atoms with Crippen molar-refractivity contribution in [1.29, 1.82) is 5.26 Å². The van der Waals surface area contributed by atoms with Crippen LogP contribution >= 0.6 is 0 Å². The number of aryl methyl sites for hydroxylation is 1. The fraction of sp³-hybridized carbons (Fsp3) is 0.483. The summed E-state index contributed by atoms with van der Waals surface area (Å²) in [6, 6.07) is 2.75. The summed E-state index contributed by atoms with van der Waals surface area (Å²) in [4.78, 5) is 30.4. The van der Waals surface area contributed by atoms with Crippen molar-refractivity contribution < 1.29 is 9.53 Å². The Balaban J connectivity index is 1.37. The van der Waals surface area contributed by atoms with E-state index in [-0.39, 0.29) is 5.91 Å². The fourth-order valence-electron chi connectivity index (χ4n) is 6.33. The maximum absolute atomic E-state index is 12.2. The quantitative estimate of drug-likeness (QED) is 0.470. The molecule has 0 unspecified atom stereocenters. The van der Waals surface area contributed by atoms with Gasteiger partial charge in [-0.3, -0.25) is 9.89 Å². The van der Waals surface area contributed by atoms with Gasteiger partial charge in [-0.25, -0.2) is 9.97 Å². The number of hydrogen-bond donors (Lipinski definition) is 1. The molecule has 0 aromatic carbocycles. The SMILES string of the molecule is C=CC(=O)N1CCN(c2c(C#N)c(OC[C@@H]3CCCN3C)nc3c2CCN(c2c(C)cnc4[nH]ncc24)C3)CC1. The van der Waals surface area contributed by atoms with Crippen LogP contribution in [0.25, 0.3) is 11.0 Å². The molecule has 0 saturated carbocycles. The van der Waals surface area contributed by atoms with E-state index in [1.54, 1.807) is 4.90 Å². The van der Waals surface area contributed by atoms with Crippen LogP contribution in [0.2, 0.25) is 0 Å². The van der Waals surface area contributed by atoms with Gasteiger partial charge in [0.25, 0.3) is 0 Å². The first-order valence-electron chi connectivity index (χ1n) is 14.0. The number of anilines is 2. The second kappa shape index (κ2) is 10.8. The topological polar surface area (TPSA) is 118 Å². The zero-order chi connectivity index (χ0) is 27.8. The third kappa shape index (κ3) is 4.62. The Morgan fingerprint density at radius 2 is 2.02 bits per heavy atom. The van der Waals surface area contributed by atoms with E-state index in [1.165, 1.54) is 6.08 Å². The lowest BCUT2D eigenvalue weighted by atomic mass is 9.97. The van der Waals surface area contributed by atoms with Crippen LogP contribution in [0.1, 0.15) is 35.2 Å². The molecule has 0 radical (unpaired) electrons. The summed E-state index contributed by atoms with van der Waals surface area (Å²) in [7, 11) is 2.12. The number of nitrogens with zero attached hydrogens (tertiary/aromatic N) is 8. The molecule has 2 saturated heterocycles. The molecule has 11 nitrogen and oxygen atoms in total. The first-order valence-corrected chi connectivity index (χ1v) is 14.0. The van der Waals surface area contributed by atoms with Gasteiger partial charge < -0.3 is 24.3 Å². The molecule has 0 aliphatic carbocycles. The molecule has 6 heterocycles. The average molecular weight is 542 g/mol. The zero-order valence-corrected chi connectivity index (χ0v) is 23.2. The van der Waals surface area contributed by atoms with Crippen molar-refractivity contribution in [2.24, 2.45) is 0 Å². The zero-order valence-electron chi connectivity index (χ0n) is 23.2. The lowest BCUT2D eigenvalue weighted by Gasteiger charge is -2.39. The molecule has 3 aromatic heterocycles. The number of likely N-dealkylation sites (tertiary alicyclic amines) is 1. The van der Waals surface area contributed by atoms with Gasteiger partial charge in [0, 0.05) is 50.5 Å². The van der Waals surface area contributed by atoms with E-state index in [1.807, 2.05) is 12.4 Å². The van der Waals surface area contributed by atoms with Gasteiger partial charge in [-0.15, -0.1) is 0 Å². The standard InChI is InChI=1S/C29H35N9O2/c1-4-25(39)36-10-12-37(13-11-36)27-21-7-9-38(26-19(2)15-31-28-23(26)16-32-34-28)17-24(21)33-29(22(27)14-30)40-18-20-6-5-8-35(20)3/h4,15-16,20H,1,5-13,17-18H2,2-3H3,(H,31,32,34)/t20-/m0/s1. The van der Waals surface area contributed by atoms with Gasteiger partial charge in [0.1, 0.15) is 18.2 Å². The van der Waals surface area contributed by atoms with Crippen molar-refractivity contribution in [2.75, 3.05) is 62.7 Å². The molecule has 1 amide bonds. The predicted molar refractivity (Wildman–Crippen MR) is 152 cm³/mol. The summed E-state index contributed by atoms with van der Waals surface area (Å²) in [5.74, 6) is 0.346. The highest BCUT2D eigenvalue weighted by Crippen LogP contribution is 2.39. The maximum Gasteiger partial charge on any atom is 0.246 e. The molecule has 2 fully saturated rings. The number of aromatic amines is 1. The third-order valence-corrected chi connectivity index (χ3v) is 8.52. The van der Waals surface area contributed by atoms with Crippen molar-refractivity contribution in [3.63, 3.8) is 0 Å². The molecule has 0 spiro atoms. The average Bonchev–Trinajstić information content (AvgIpc) is 3.63. The van der Waals surface area contributed by atoms with Crippen LogP contribution in [-0.4, -0.2) is 94.8 Å². The highest BCUT2D eigenvalue weighted by atomic mass is 16.5. The van der Waals surface area contributed by atoms with Gasteiger partial charge in [-0.05, 0) is 51.4 Å². The largest absolute Gasteiger partial charge is 0.475 e. The normalized spacial score (nSPS) is 19.5. The molecule has 1 N–H and O–H groups in total. The second-order valence-corrected chi connectivity index (χ2v) is 10.9. The second-order valence-electron chi connectivity index (χ2n) is 10.9. The smallest absolute Gasteiger partial charge is 0.246 e. The van der Waals surface area contributed by atoms with Gasteiger partial charge >= 0.3 is 0 Å². The van der Waals surface area contributed by atoms with E-state index in [0.717, 1.165) is 71.6 Å². The van der Waals surface area contributed by atoms with Crippen LogP contribution in [0.5, 0.6) is 5.88 Å². The van der Waals surface area contributed by atoms with Crippen LogP contribution in [0.4, 0.5) is 11.4 Å². The lowest BCUT2D eigenvalue weighted by molar-refractivity contribution is -0.126. The molecule has 3 aliphatic heterocycles. The van der Waals surface area contributed by atoms with E-state index in [9.17, 15) is 10.1 Å². The van der Waals surface area contributed by atoms with Crippen molar-refractivity contribution >= 4 is 28.3 Å². The van der Waals surface area contributed by atoms with Crippen LogP contribution < -0.4 is 14.5 Å². The molecule has 208 valence electrons. The van der Waals surface area contributed by atoms with Crippen LogP contribution in [0.15, 0.2) is 25.0 Å². The van der Waals surface area contributed by atoms with E-state index < -0.39 is 0 Å². The number of nitriles is 1. The van der Waals surface area contributed by atoms with E-state index in [2.05, 4.69) is 56.5 Å². The van der Waals surface area contributed by atoms with Crippen molar-refractivity contribution in [1.82, 2.24) is 30.0 Å². The van der Waals surface area contributed by atoms with E-state index in [0.29, 0.717) is 56.8 Å². The van der Waals surface area contributed by atoms with Crippen LogP contribution in [-0.2, 0) is 17.8 Å². The number of carbonyl (C=O) groups is 1. The van der Waals surface area contributed by atoms with E-state index >= 15 is 0 Å². The van der Waals surface area contributed by atoms with Gasteiger partial charge in [0.15, 0.2) is 5.65 Å². The molecular formula is C29H35N9O2. The first kappa shape index (κ1) is 26.1. The Morgan fingerprint density at radius 3 is 2.75 bits per heavy atom. The Bertz CT molecular complexity index is 1480. The Hall–Kier alpha value is -4.17. The molecule has 1 atom stereocenters. The Labute approximate surface area is 234 Å². The number of amides is 1. The molecule has 6 rings (SSSR count). The molecule has 40 heavy (non-hydrogen) atoms. The number of ether oxygens (including phenoxy) is 1. The Morgan fingerprint density at radius 1 is 1.20 bits per heavy atom. The van der Waals surface area contributed by atoms with Crippen LogP contribution in [0.3, 0.4) is 0 Å². The third-order valence-electron chi connectivity index (χ3n) is 8.52. The minimum Gasteiger partial charge on any atom is -0.475 e. The molecular weight excluding hydrogens is 506 g/mol. The van der Waals surface area contributed by atoms with Gasteiger partial charge in [-0.1, -0.05) is 6.58 Å². The lowest BCUT2D eigenvalue weighted by Crippen LogP contribution is -2.49. The highest BCUT2D eigenvalue weighted by Gasteiger charge is 2.32. The number of carbonyl (C=O) groups excluding carboxylic acids is 1. The number of piperazine rings is 1. The summed E-state index contributed by atoms with van der Waals surface area (Å²) >= 11 is 0. The van der Waals surface area contributed by atoms with Crippen LogP contribution in [0, 0.1) is 18.3 Å². The summed E-state index contributed by atoms with van der Waals surface area (Å²) in [6.45, 7) is 11.1. The number of fused-ring (bicyclic) bond motifs is 2. The maximum atomic E-state index is 12.2. The van der Waals surface area contributed by atoms with Crippen molar-refractivity contribution in [3.05, 3.63) is 47.4 Å². The molecule has 0 bridgehead atoms. The number of likely N-dealkylation sites (N-methyl/N-ethyl adjacent to an activating group) is 1. The van der Waals surface area contributed by atoms with Crippen molar-refractivity contribution in [2.45, 2.75) is 38.8 Å². The summed E-state index contributed by atoms with van der Waals surface area (Å²) in [6.07, 6.45) is 8.03. The molecule has 3 aromatic rings. The number of rotatable bonds is 6. The minimum atomic E-state index is -0.0597. The summed E-state index contributed by atoms with van der Waals surface area (Å²) in [5.41, 5.74) is 6.36. The number of pyridine rings is 2. The number of nitrogens with one attached hydrogen (secondary N) is 1. The summed E-state index contributed by atoms with van der Waals surface area (Å²) in [5, 5.41) is 18.6. The Kier molecular flexibility index (Phi) is 7.02. The first-order chi connectivity index (χ1) is 19.5. The van der Waals surface area contributed by atoms with E-state index in [4.69, 9.17) is 9.72 Å². The monoisotopic (exact) mass is 541 g/mol. The highest BCUT2D eigenvalue weighted by molar-refractivity contribution is 5.91. The van der Waals surface area contributed by atoms with Gasteiger partial charge in [-0.2, -0.15) is 10.4 Å². The predicted octanol–water partition coefficient (Wildman–Crippen LogP) is 2.40. The minimum absolute atomic E-state index is 0.0597. The fourth-order valence-corrected chi connectivity index (χ4v) is 6.33. The summed E-state index contributed by atoms with van der Waals surface area (Å²) < 4.78 is 6.36. The number of H-pyrrole nitrogens is 1. The van der Waals surface area contributed by atoms with Gasteiger partial charge in [0.05, 0.1) is 35.2 Å². The van der Waals surface area contributed by atoms with Crippen molar-refractivity contribution in [3.8, 4) is 11.9 Å². The molecule has 3 aliphatic rings.